The summed E-state index contributed by atoms with van der Waals surface area (Å²) in [4.78, 5) is 0.830. The smallest absolute Gasteiger partial charge is 0.145 e. The van der Waals surface area contributed by atoms with E-state index >= 15 is 0 Å². The Morgan fingerprint density at radius 3 is 2.33 bits per heavy atom. The number of nitrogens with zero attached hydrogens (tertiary/aromatic N) is 3. The molecule has 4 nitrogen and oxygen atoms in total. The van der Waals surface area contributed by atoms with Gasteiger partial charge in [-0.3, -0.25) is 0 Å². The van der Waals surface area contributed by atoms with Gasteiger partial charge in [0.05, 0.1) is 21.5 Å². The highest BCUT2D eigenvalue weighted by Crippen LogP contribution is 2.43. The van der Waals surface area contributed by atoms with Gasteiger partial charge in [-0.1, -0.05) is 48.5 Å². The second-order valence-corrected chi connectivity index (χ2v) is 7.06. The molecule has 0 amide bonds. The molecule has 5 heteroatoms. The fraction of sp³-hybridized carbons (Fsp3) is 0. The van der Waals surface area contributed by atoms with E-state index in [1.165, 1.54) is 0 Å². The molecule has 0 saturated heterocycles. The average Bonchev–Trinajstić information content (AvgIpc) is 3.44. The van der Waals surface area contributed by atoms with Gasteiger partial charge in [0.15, 0.2) is 0 Å². The van der Waals surface area contributed by atoms with Crippen molar-refractivity contribution < 1.29 is 4.42 Å². The third kappa shape index (κ3) is 2.47. The second kappa shape index (κ2) is 6.27. The van der Waals surface area contributed by atoms with Crippen LogP contribution in [0, 0.1) is 11.3 Å². The Morgan fingerprint density at radius 1 is 0.926 bits per heavy atom. The number of hydrogen-bond acceptors (Lipinski definition) is 4. The highest BCUT2D eigenvalue weighted by molar-refractivity contribution is 7.23. The van der Waals surface area contributed by atoms with E-state index in [9.17, 15) is 5.26 Å². The van der Waals surface area contributed by atoms with Crippen LogP contribution in [0.4, 0.5) is 0 Å². The van der Waals surface area contributed by atoms with Crippen LogP contribution in [0.1, 0.15) is 5.56 Å². The fourth-order valence-electron chi connectivity index (χ4n) is 3.21. The molecule has 0 atom stereocenters. The number of benzene rings is 2. The Labute approximate surface area is 159 Å². The summed E-state index contributed by atoms with van der Waals surface area (Å²) in [5.74, 6) is 0.700. The van der Waals surface area contributed by atoms with Gasteiger partial charge < -0.3 is 4.42 Å². The highest BCUT2D eigenvalue weighted by Gasteiger charge is 2.24. The molecule has 0 aliphatic carbocycles. The van der Waals surface area contributed by atoms with Crippen LogP contribution in [0.3, 0.4) is 0 Å². The molecular formula is C22H13N3OS. The van der Waals surface area contributed by atoms with Gasteiger partial charge in [0.25, 0.3) is 0 Å². The lowest BCUT2D eigenvalue weighted by Gasteiger charge is -2.03. The molecule has 0 aliphatic heterocycles. The summed E-state index contributed by atoms with van der Waals surface area (Å²) < 4.78 is 8.42. The van der Waals surface area contributed by atoms with Gasteiger partial charge in [0, 0.05) is 5.56 Å². The van der Waals surface area contributed by atoms with Crippen molar-refractivity contribution in [3.63, 3.8) is 0 Å². The number of rotatable bonds is 3. The van der Waals surface area contributed by atoms with Crippen LogP contribution >= 0.6 is 11.3 Å². The van der Waals surface area contributed by atoms with E-state index in [0.29, 0.717) is 11.3 Å². The molecule has 0 aliphatic rings. The predicted molar refractivity (Wildman–Crippen MR) is 107 cm³/mol. The average molecular weight is 367 g/mol. The van der Waals surface area contributed by atoms with E-state index in [1.807, 2.05) is 77.5 Å². The molecule has 5 aromatic rings. The number of fused-ring (bicyclic) bond motifs is 1. The van der Waals surface area contributed by atoms with Gasteiger partial charge in [-0.2, -0.15) is 10.4 Å². The molecule has 27 heavy (non-hydrogen) atoms. The minimum Gasteiger partial charge on any atom is -0.463 e. The number of para-hydroxylation sites is 1. The zero-order valence-electron chi connectivity index (χ0n) is 14.2. The monoisotopic (exact) mass is 367 g/mol. The van der Waals surface area contributed by atoms with Crippen LogP contribution in [0.25, 0.3) is 37.8 Å². The molecule has 0 spiro atoms. The van der Waals surface area contributed by atoms with Gasteiger partial charge in [-0.25, -0.2) is 4.68 Å². The lowest BCUT2D eigenvalue weighted by atomic mass is 10.1. The predicted octanol–water partition coefficient (Wildman–Crippen LogP) is 5.89. The zero-order chi connectivity index (χ0) is 18.2. The van der Waals surface area contributed by atoms with E-state index < -0.39 is 0 Å². The normalized spacial score (nSPS) is 10.9. The first-order valence-electron chi connectivity index (χ1n) is 8.47. The zero-order valence-corrected chi connectivity index (χ0v) is 15.0. The molecule has 5 rings (SSSR count). The molecule has 0 saturated carbocycles. The van der Waals surface area contributed by atoms with Crippen molar-refractivity contribution in [3.8, 4) is 33.7 Å². The van der Waals surface area contributed by atoms with Gasteiger partial charge in [-0.15, -0.1) is 11.3 Å². The van der Waals surface area contributed by atoms with Crippen LogP contribution in [0.2, 0.25) is 0 Å². The van der Waals surface area contributed by atoms with E-state index in [2.05, 4.69) is 6.07 Å². The summed E-state index contributed by atoms with van der Waals surface area (Å²) in [5.41, 5.74) is 4.22. The number of thiophene rings is 1. The summed E-state index contributed by atoms with van der Waals surface area (Å²) in [6, 6.07) is 26.0. The quantitative estimate of drug-likeness (QED) is 0.400. The van der Waals surface area contributed by atoms with Crippen molar-refractivity contribution in [2.75, 3.05) is 0 Å². The number of furan rings is 1. The molecule has 3 heterocycles. The molecule has 0 bridgehead atoms. The first-order chi connectivity index (χ1) is 13.4. The molecule has 3 aromatic heterocycles. The standard InChI is InChI=1S/C22H13N3OS/c23-14-17-20-22(27-21(17)18-12-7-13-26-18)19(15-8-3-1-4-9-15)24-25(20)16-10-5-2-6-11-16/h1-13H. The Morgan fingerprint density at radius 2 is 1.67 bits per heavy atom. The lowest BCUT2D eigenvalue weighted by molar-refractivity contribution is 0.583. The highest BCUT2D eigenvalue weighted by atomic mass is 32.1. The summed E-state index contributed by atoms with van der Waals surface area (Å²) in [6.07, 6.45) is 1.63. The van der Waals surface area contributed by atoms with Gasteiger partial charge in [0.2, 0.25) is 0 Å². The van der Waals surface area contributed by atoms with Crippen LogP contribution in [-0.4, -0.2) is 9.78 Å². The van der Waals surface area contributed by atoms with Gasteiger partial charge in [-0.05, 0) is 24.3 Å². The first-order valence-corrected chi connectivity index (χ1v) is 9.29. The van der Waals surface area contributed by atoms with Gasteiger partial charge in [0.1, 0.15) is 28.6 Å². The van der Waals surface area contributed by atoms with Gasteiger partial charge >= 0.3 is 0 Å². The molecular weight excluding hydrogens is 354 g/mol. The van der Waals surface area contributed by atoms with E-state index in [-0.39, 0.29) is 0 Å². The largest absolute Gasteiger partial charge is 0.463 e. The molecule has 0 unspecified atom stereocenters. The van der Waals surface area contributed by atoms with Crippen molar-refractivity contribution in [2.24, 2.45) is 0 Å². The van der Waals surface area contributed by atoms with E-state index in [0.717, 1.165) is 32.0 Å². The maximum Gasteiger partial charge on any atom is 0.145 e. The number of nitriles is 1. The lowest BCUT2D eigenvalue weighted by Crippen LogP contribution is -1.97. The van der Waals surface area contributed by atoms with Crippen LogP contribution < -0.4 is 0 Å². The number of hydrogen-bond donors (Lipinski definition) is 0. The molecule has 0 fully saturated rings. The summed E-state index contributed by atoms with van der Waals surface area (Å²) in [7, 11) is 0. The molecule has 2 aromatic carbocycles. The maximum atomic E-state index is 9.93. The third-order valence-corrected chi connectivity index (χ3v) is 5.61. The van der Waals surface area contributed by atoms with Crippen LogP contribution in [0.5, 0.6) is 0 Å². The third-order valence-electron chi connectivity index (χ3n) is 4.41. The van der Waals surface area contributed by atoms with Crippen molar-refractivity contribution in [2.45, 2.75) is 0 Å². The Bertz CT molecular complexity index is 1260. The number of aromatic nitrogens is 2. The molecule has 0 radical (unpaired) electrons. The molecule has 0 N–H and O–H groups in total. The topological polar surface area (TPSA) is 54.8 Å². The first kappa shape index (κ1) is 15.6. The van der Waals surface area contributed by atoms with E-state index in [4.69, 9.17) is 9.52 Å². The Kier molecular flexibility index (Phi) is 3.63. The summed E-state index contributed by atoms with van der Waals surface area (Å²) in [5, 5.41) is 14.8. The van der Waals surface area contributed by atoms with Crippen LogP contribution in [-0.2, 0) is 0 Å². The SMILES string of the molecule is N#Cc1c(-c2ccco2)sc2c(-c3ccccc3)nn(-c3ccccc3)c12. The van der Waals surface area contributed by atoms with Crippen molar-refractivity contribution in [1.82, 2.24) is 9.78 Å². The Balaban J connectivity index is 1.88. The summed E-state index contributed by atoms with van der Waals surface area (Å²) >= 11 is 1.54. The second-order valence-electron chi connectivity index (χ2n) is 6.04. The minimum absolute atomic E-state index is 0.587. The van der Waals surface area contributed by atoms with Crippen molar-refractivity contribution >= 4 is 21.6 Å². The van der Waals surface area contributed by atoms with Crippen molar-refractivity contribution in [1.29, 1.82) is 5.26 Å². The van der Waals surface area contributed by atoms with Crippen molar-refractivity contribution in [3.05, 3.63) is 84.6 Å². The molecule has 128 valence electrons. The van der Waals surface area contributed by atoms with Crippen LogP contribution in [0.15, 0.2) is 83.5 Å². The minimum atomic E-state index is 0.587. The fourth-order valence-corrected chi connectivity index (χ4v) is 4.41. The summed E-state index contributed by atoms with van der Waals surface area (Å²) in [6.45, 7) is 0. The Hall–Kier alpha value is -3.62. The van der Waals surface area contributed by atoms with E-state index in [1.54, 1.807) is 17.6 Å². The maximum absolute atomic E-state index is 9.93.